The van der Waals surface area contributed by atoms with Crippen LogP contribution in [0.15, 0.2) is 35.2 Å². The fourth-order valence-electron chi connectivity index (χ4n) is 0.753. The highest BCUT2D eigenvalue weighted by Gasteiger charge is 2.03. The van der Waals surface area contributed by atoms with Crippen molar-refractivity contribution in [3.05, 3.63) is 30.3 Å². The van der Waals surface area contributed by atoms with Gasteiger partial charge in [-0.05, 0) is 45.0 Å². The quantitative estimate of drug-likeness (QED) is 0.659. The molecule has 0 saturated heterocycles. The summed E-state index contributed by atoms with van der Waals surface area (Å²) in [5.41, 5.74) is 0. The first-order valence-corrected chi connectivity index (χ1v) is 4.93. The van der Waals surface area contributed by atoms with Crippen molar-refractivity contribution in [2.45, 2.75) is 24.8 Å². The average molecular weight is 181 g/mol. The van der Waals surface area contributed by atoms with Crippen molar-refractivity contribution in [2.75, 3.05) is 7.05 Å². The van der Waals surface area contributed by atoms with Crippen LogP contribution in [0.3, 0.4) is 0 Å². The van der Waals surface area contributed by atoms with Gasteiger partial charge in [-0.2, -0.15) is 0 Å². The van der Waals surface area contributed by atoms with Gasteiger partial charge in [-0.1, -0.05) is 18.2 Å². The molecule has 1 aromatic rings. The Kier molecular flexibility index (Phi) is 3.63. The monoisotopic (exact) mass is 181 g/mol. The van der Waals surface area contributed by atoms with Crippen LogP contribution in [0, 0.1) is 0 Å². The summed E-state index contributed by atoms with van der Waals surface area (Å²) in [6, 6.07) is 11.0. The molecular formula is C10H15NS. The fourth-order valence-corrected chi connectivity index (χ4v) is 1.58. The molecule has 0 bridgehead atoms. The molecule has 0 unspecified atom stereocenters. The zero-order valence-corrected chi connectivity index (χ0v) is 8.64. The van der Waals surface area contributed by atoms with Gasteiger partial charge < -0.3 is 0 Å². The van der Waals surface area contributed by atoms with E-state index in [-0.39, 0.29) is 0 Å². The predicted molar refractivity (Wildman–Crippen MR) is 55.2 cm³/mol. The largest absolute Gasteiger partial charge is 0.247 e. The lowest BCUT2D eigenvalue weighted by Gasteiger charge is -2.19. The van der Waals surface area contributed by atoms with Gasteiger partial charge in [-0.25, -0.2) is 4.31 Å². The molecule has 0 aliphatic heterocycles. The molecule has 0 radical (unpaired) electrons. The molecule has 0 fully saturated rings. The van der Waals surface area contributed by atoms with Crippen molar-refractivity contribution in [1.29, 1.82) is 0 Å². The fraction of sp³-hybridized carbons (Fsp3) is 0.400. The SMILES string of the molecule is CC(C)N(C)Sc1ccccc1. The Balaban J connectivity index is 2.53. The molecule has 1 nitrogen and oxygen atoms in total. The smallest absolute Gasteiger partial charge is 0.0230 e. The maximum Gasteiger partial charge on any atom is 0.0230 e. The van der Waals surface area contributed by atoms with Crippen molar-refractivity contribution in [3.63, 3.8) is 0 Å². The standard InChI is InChI=1S/C10H15NS/c1-9(2)11(3)12-10-7-5-4-6-8-10/h4-9H,1-3H3. The van der Waals surface area contributed by atoms with Gasteiger partial charge in [-0.15, -0.1) is 0 Å². The summed E-state index contributed by atoms with van der Waals surface area (Å²) in [7, 11) is 2.11. The molecule has 1 aromatic carbocycles. The average Bonchev–Trinajstić information content (AvgIpc) is 2.06. The van der Waals surface area contributed by atoms with Crippen LogP contribution in [-0.2, 0) is 0 Å². The lowest BCUT2D eigenvalue weighted by molar-refractivity contribution is 0.469. The van der Waals surface area contributed by atoms with E-state index >= 15 is 0 Å². The van der Waals surface area contributed by atoms with Gasteiger partial charge in [0.1, 0.15) is 0 Å². The predicted octanol–water partition coefficient (Wildman–Crippen LogP) is 3.03. The molecule has 0 saturated carbocycles. The summed E-state index contributed by atoms with van der Waals surface area (Å²) in [5, 5.41) is 0. The molecule has 0 heterocycles. The maximum absolute atomic E-state index is 2.25. The first-order chi connectivity index (χ1) is 5.70. The van der Waals surface area contributed by atoms with Gasteiger partial charge in [0.25, 0.3) is 0 Å². The number of rotatable bonds is 3. The minimum atomic E-state index is 0.579. The van der Waals surface area contributed by atoms with E-state index in [9.17, 15) is 0 Å². The Labute approximate surface area is 78.9 Å². The number of benzene rings is 1. The zero-order valence-electron chi connectivity index (χ0n) is 7.82. The molecule has 0 spiro atoms. The summed E-state index contributed by atoms with van der Waals surface area (Å²) < 4.78 is 2.25. The molecule has 0 N–H and O–H groups in total. The Morgan fingerprint density at radius 1 is 1.17 bits per heavy atom. The summed E-state index contributed by atoms with van der Waals surface area (Å²) in [6.45, 7) is 4.38. The molecule has 2 heteroatoms. The van der Waals surface area contributed by atoms with Gasteiger partial charge >= 0.3 is 0 Å². The molecule has 66 valence electrons. The molecule has 0 atom stereocenters. The van der Waals surface area contributed by atoms with E-state index in [1.165, 1.54) is 4.90 Å². The highest BCUT2D eigenvalue weighted by Crippen LogP contribution is 2.21. The van der Waals surface area contributed by atoms with Crippen LogP contribution < -0.4 is 0 Å². The van der Waals surface area contributed by atoms with E-state index in [1.807, 2.05) is 6.07 Å². The van der Waals surface area contributed by atoms with Crippen LogP contribution >= 0.6 is 11.9 Å². The van der Waals surface area contributed by atoms with Crippen LogP contribution in [-0.4, -0.2) is 17.4 Å². The molecular weight excluding hydrogens is 166 g/mol. The van der Waals surface area contributed by atoms with Crippen molar-refractivity contribution >= 4 is 11.9 Å². The second-order valence-corrected chi connectivity index (χ2v) is 4.27. The summed E-state index contributed by atoms with van der Waals surface area (Å²) >= 11 is 1.78. The Hall–Kier alpha value is -0.470. The van der Waals surface area contributed by atoms with Crippen LogP contribution in [0.5, 0.6) is 0 Å². The van der Waals surface area contributed by atoms with E-state index in [0.29, 0.717) is 6.04 Å². The van der Waals surface area contributed by atoms with Crippen molar-refractivity contribution in [1.82, 2.24) is 4.31 Å². The van der Waals surface area contributed by atoms with Crippen LogP contribution in [0.4, 0.5) is 0 Å². The minimum absolute atomic E-state index is 0.579. The van der Waals surface area contributed by atoms with Gasteiger partial charge in [0.2, 0.25) is 0 Å². The Morgan fingerprint density at radius 3 is 2.25 bits per heavy atom. The van der Waals surface area contributed by atoms with E-state index in [1.54, 1.807) is 11.9 Å². The third-order valence-corrected chi connectivity index (χ3v) is 2.91. The van der Waals surface area contributed by atoms with Crippen molar-refractivity contribution < 1.29 is 0 Å². The first kappa shape index (κ1) is 9.62. The number of nitrogens with zero attached hydrogens (tertiary/aromatic N) is 1. The lowest BCUT2D eigenvalue weighted by atomic mass is 10.4. The van der Waals surface area contributed by atoms with Crippen molar-refractivity contribution in [3.8, 4) is 0 Å². The van der Waals surface area contributed by atoms with Gasteiger partial charge in [0.15, 0.2) is 0 Å². The summed E-state index contributed by atoms with van der Waals surface area (Å²) in [6.07, 6.45) is 0. The molecule has 0 aromatic heterocycles. The van der Waals surface area contributed by atoms with Gasteiger partial charge in [0, 0.05) is 10.9 Å². The summed E-state index contributed by atoms with van der Waals surface area (Å²) in [4.78, 5) is 1.30. The highest BCUT2D eigenvalue weighted by molar-refractivity contribution is 7.97. The van der Waals surface area contributed by atoms with E-state index in [0.717, 1.165) is 0 Å². The second kappa shape index (κ2) is 4.53. The lowest BCUT2D eigenvalue weighted by Crippen LogP contribution is -2.17. The van der Waals surface area contributed by atoms with E-state index < -0.39 is 0 Å². The third-order valence-electron chi connectivity index (χ3n) is 1.72. The molecule has 0 aliphatic rings. The van der Waals surface area contributed by atoms with Gasteiger partial charge in [-0.3, -0.25) is 0 Å². The maximum atomic E-state index is 2.25. The second-order valence-electron chi connectivity index (χ2n) is 3.04. The van der Waals surface area contributed by atoms with Crippen LogP contribution in [0.2, 0.25) is 0 Å². The zero-order chi connectivity index (χ0) is 8.97. The van der Waals surface area contributed by atoms with Crippen molar-refractivity contribution in [2.24, 2.45) is 0 Å². The highest BCUT2D eigenvalue weighted by atomic mass is 32.2. The third kappa shape index (κ3) is 2.88. The topological polar surface area (TPSA) is 3.24 Å². The van der Waals surface area contributed by atoms with Crippen LogP contribution in [0.25, 0.3) is 0 Å². The number of hydrogen-bond acceptors (Lipinski definition) is 2. The Morgan fingerprint density at radius 2 is 1.75 bits per heavy atom. The molecule has 0 amide bonds. The van der Waals surface area contributed by atoms with Gasteiger partial charge in [0.05, 0.1) is 0 Å². The van der Waals surface area contributed by atoms with E-state index in [4.69, 9.17) is 0 Å². The number of hydrogen-bond donors (Lipinski definition) is 0. The first-order valence-electron chi connectivity index (χ1n) is 4.16. The molecule has 0 aliphatic carbocycles. The summed E-state index contributed by atoms with van der Waals surface area (Å²) in [5.74, 6) is 0. The molecule has 1 rings (SSSR count). The Bertz CT molecular complexity index is 221. The minimum Gasteiger partial charge on any atom is -0.247 e. The van der Waals surface area contributed by atoms with E-state index in [2.05, 4.69) is 49.5 Å². The molecule has 12 heavy (non-hydrogen) atoms. The normalized spacial score (nSPS) is 11.1. The van der Waals surface area contributed by atoms with Crippen LogP contribution in [0.1, 0.15) is 13.8 Å².